The Labute approximate surface area is 162 Å². The first kappa shape index (κ1) is 19.6. The second-order valence-corrected chi connectivity index (χ2v) is 8.13. The number of likely N-dealkylation sites (tertiary alicyclic amines) is 2. The smallest absolute Gasteiger partial charge is 0.219 e. The van der Waals surface area contributed by atoms with Gasteiger partial charge in [0.05, 0.1) is 0 Å². The molecule has 0 bridgehead atoms. The van der Waals surface area contributed by atoms with Crippen molar-refractivity contribution >= 4 is 17.9 Å². The van der Waals surface area contributed by atoms with Crippen molar-refractivity contribution < 1.29 is 9.59 Å². The van der Waals surface area contributed by atoms with Gasteiger partial charge < -0.3 is 10.2 Å². The molecule has 2 fully saturated rings. The minimum atomic E-state index is -0.0908. The first-order chi connectivity index (χ1) is 12.9. The van der Waals surface area contributed by atoms with Crippen molar-refractivity contribution in [2.24, 2.45) is 0 Å². The average Bonchev–Trinajstić information content (AvgIpc) is 2.95. The molecule has 0 aromatic heterocycles. The van der Waals surface area contributed by atoms with Gasteiger partial charge in [0.2, 0.25) is 11.8 Å². The number of amides is 2. The Hall–Kier alpha value is -2.14. The van der Waals surface area contributed by atoms with Crippen LogP contribution in [0.15, 0.2) is 35.9 Å². The average molecular weight is 370 g/mol. The van der Waals surface area contributed by atoms with Crippen molar-refractivity contribution in [1.29, 1.82) is 0 Å². The van der Waals surface area contributed by atoms with Gasteiger partial charge in [-0.25, -0.2) is 0 Å². The zero-order valence-electron chi connectivity index (χ0n) is 16.7. The van der Waals surface area contributed by atoms with Gasteiger partial charge in [0.15, 0.2) is 0 Å². The fraction of sp³-hybridized carbons (Fsp3) is 0.545. The van der Waals surface area contributed by atoms with Gasteiger partial charge in [-0.15, -0.1) is 0 Å². The number of benzene rings is 1. The van der Waals surface area contributed by atoms with Crippen molar-refractivity contribution in [2.45, 2.75) is 51.6 Å². The van der Waals surface area contributed by atoms with Gasteiger partial charge in [-0.05, 0) is 31.7 Å². The van der Waals surface area contributed by atoms with E-state index in [1.807, 2.05) is 11.0 Å². The highest BCUT2D eigenvalue weighted by molar-refractivity contribution is 5.76. The van der Waals surface area contributed by atoms with Crippen LogP contribution >= 0.6 is 0 Å². The number of hydrogen-bond acceptors (Lipinski definition) is 3. The van der Waals surface area contributed by atoms with E-state index in [4.69, 9.17) is 0 Å². The van der Waals surface area contributed by atoms with Crippen LogP contribution < -0.4 is 5.32 Å². The van der Waals surface area contributed by atoms with Crippen LogP contribution in [-0.2, 0) is 9.59 Å². The lowest BCUT2D eigenvalue weighted by atomic mass is 9.84. The van der Waals surface area contributed by atoms with Crippen molar-refractivity contribution in [1.82, 2.24) is 15.1 Å². The minimum absolute atomic E-state index is 0.0142. The van der Waals surface area contributed by atoms with Gasteiger partial charge in [0.25, 0.3) is 0 Å². The Morgan fingerprint density at radius 3 is 2.41 bits per heavy atom. The van der Waals surface area contributed by atoms with E-state index < -0.39 is 0 Å². The number of nitrogens with zero attached hydrogens (tertiary/aromatic N) is 2. The number of rotatable bonds is 4. The fourth-order valence-corrected chi connectivity index (χ4v) is 4.73. The summed E-state index contributed by atoms with van der Waals surface area (Å²) in [7, 11) is 0. The van der Waals surface area contributed by atoms with Crippen LogP contribution in [0.3, 0.4) is 0 Å². The zero-order chi connectivity index (χ0) is 19.4. The molecule has 27 heavy (non-hydrogen) atoms. The Morgan fingerprint density at radius 1 is 1.15 bits per heavy atom. The predicted octanol–water partition coefficient (Wildman–Crippen LogP) is 2.68. The minimum Gasteiger partial charge on any atom is -0.352 e. The second kappa shape index (κ2) is 8.26. The van der Waals surface area contributed by atoms with Crippen molar-refractivity contribution in [3.8, 4) is 0 Å². The zero-order valence-corrected chi connectivity index (χ0v) is 16.7. The van der Waals surface area contributed by atoms with E-state index in [0.717, 1.165) is 38.9 Å². The summed E-state index contributed by atoms with van der Waals surface area (Å²) in [5.41, 5.74) is 2.50. The van der Waals surface area contributed by atoms with Gasteiger partial charge in [0.1, 0.15) is 0 Å². The van der Waals surface area contributed by atoms with Crippen LogP contribution in [0, 0.1) is 0 Å². The molecule has 2 aliphatic rings. The van der Waals surface area contributed by atoms with Gasteiger partial charge >= 0.3 is 0 Å². The molecule has 1 atom stereocenters. The van der Waals surface area contributed by atoms with Crippen LogP contribution in [0.1, 0.15) is 45.6 Å². The van der Waals surface area contributed by atoms with Crippen molar-refractivity contribution in [2.75, 3.05) is 26.2 Å². The Bertz CT molecular complexity index is 706. The topological polar surface area (TPSA) is 52.7 Å². The molecular formula is C22H31N3O2. The molecule has 1 unspecified atom stereocenters. The van der Waals surface area contributed by atoms with E-state index in [1.54, 1.807) is 13.8 Å². The normalized spacial score (nSPS) is 22.9. The molecule has 2 amide bonds. The Morgan fingerprint density at radius 2 is 1.81 bits per heavy atom. The monoisotopic (exact) mass is 369 g/mol. The molecule has 1 aromatic carbocycles. The molecule has 0 radical (unpaired) electrons. The molecule has 2 heterocycles. The maximum absolute atomic E-state index is 12.2. The number of nitrogens with one attached hydrogen (secondary N) is 1. The summed E-state index contributed by atoms with van der Waals surface area (Å²) in [5.74, 6) is 0.108. The highest BCUT2D eigenvalue weighted by Crippen LogP contribution is 2.38. The van der Waals surface area contributed by atoms with Gasteiger partial charge in [-0.1, -0.05) is 42.0 Å². The van der Waals surface area contributed by atoms with Gasteiger partial charge in [-0.3, -0.25) is 14.5 Å². The van der Waals surface area contributed by atoms with Crippen LogP contribution in [0.2, 0.25) is 0 Å². The maximum atomic E-state index is 12.2. The third-order valence-electron chi connectivity index (χ3n) is 5.86. The molecule has 0 aliphatic carbocycles. The summed E-state index contributed by atoms with van der Waals surface area (Å²) < 4.78 is 0. The highest BCUT2D eigenvalue weighted by atomic mass is 16.2. The van der Waals surface area contributed by atoms with E-state index in [2.05, 4.69) is 47.5 Å². The third-order valence-corrected chi connectivity index (χ3v) is 5.86. The molecule has 2 saturated heterocycles. The molecule has 3 rings (SSSR count). The molecule has 0 saturated carbocycles. The third kappa shape index (κ3) is 4.78. The van der Waals surface area contributed by atoms with Gasteiger partial charge in [-0.2, -0.15) is 0 Å². The summed E-state index contributed by atoms with van der Waals surface area (Å²) in [4.78, 5) is 28.1. The SMILES string of the molecule is CC(=O)NC1CN(C(C)=O)C2(CCN(C/C(C)=C/c3ccccc3)CC2)C1. The molecule has 1 spiro atoms. The lowest BCUT2D eigenvalue weighted by Crippen LogP contribution is -2.53. The molecule has 1 N–H and O–H groups in total. The molecule has 5 nitrogen and oxygen atoms in total. The highest BCUT2D eigenvalue weighted by Gasteiger charge is 2.48. The van der Waals surface area contributed by atoms with Crippen LogP contribution in [0.4, 0.5) is 0 Å². The van der Waals surface area contributed by atoms with E-state index in [-0.39, 0.29) is 23.4 Å². The quantitative estimate of drug-likeness (QED) is 0.888. The summed E-state index contributed by atoms with van der Waals surface area (Å²) >= 11 is 0. The summed E-state index contributed by atoms with van der Waals surface area (Å²) in [6, 6.07) is 10.5. The second-order valence-electron chi connectivity index (χ2n) is 8.13. The summed E-state index contributed by atoms with van der Waals surface area (Å²) in [6.45, 7) is 8.95. The van der Waals surface area contributed by atoms with E-state index in [9.17, 15) is 9.59 Å². The summed E-state index contributed by atoms with van der Waals surface area (Å²) in [5, 5.41) is 3.01. The van der Waals surface area contributed by atoms with Gasteiger partial charge in [0, 0.05) is 51.6 Å². The lowest BCUT2D eigenvalue weighted by Gasteiger charge is -2.44. The van der Waals surface area contributed by atoms with E-state index >= 15 is 0 Å². The first-order valence-electron chi connectivity index (χ1n) is 9.88. The Balaban J connectivity index is 1.60. The van der Waals surface area contributed by atoms with Crippen LogP contribution in [0.25, 0.3) is 6.08 Å². The van der Waals surface area contributed by atoms with Crippen LogP contribution in [0.5, 0.6) is 0 Å². The lowest BCUT2D eigenvalue weighted by molar-refractivity contribution is -0.134. The van der Waals surface area contributed by atoms with E-state index in [0.29, 0.717) is 6.54 Å². The number of carbonyl (C=O) groups is 2. The predicted molar refractivity (Wildman–Crippen MR) is 108 cm³/mol. The molecular weight excluding hydrogens is 338 g/mol. The number of carbonyl (C=O) groups excluding carboxylic acids is 2. The van der Waals surface area contributed by atoms with Crippen molar-refractivity contribution in [3.63, 3.8) is 0 Å². The standard InChI is InChI=1S/C22H31N3O2/c1-17(13-20-7-5-4-6-8-20)15-24-11-9-22(10-12-24)14-21(23-18(2)26)16-25(22)19(3)27/h4-8,13,21H,9-12,14-16H2,1-3H3,(H,23,26)/b17-13+. The molecule has 1 aromatic rings. The number of piperidine rings is 1. The molecule has 5 heteroatoms. The Kier molecular flexibility index (Phi) is 6.00. The van der Waals surface area contributed by atoms with Crippen molar-refractivity contribution in [3.05, 3.63) is 41.5 Å². The molecule has 2 aliphatic heterocycles. The molecule has 146 valence electrons. The van der Waals surface area contributed by atoms with Crippen LogP contribution in [-0.4, -0.2) is 59.4 Å². The van der Waals surface area contributed by atoms with E-state index in [1.165, 1.54) is 11.1 Å². The fourth-order valence-electron chi connectivity index (χ4n) is 4.73. The summed E-state index contributed by atoms with van der Waals surface area (Å²) in [6.07, 6.45) is 5.07. The first-order valence-corrected chi connectivity index (χ1v) is 9.88. The number of hydrogen-bond donors (Lipinski definition) is 1. The largest absolute Gasteiger partial charge is 0.352 e. The maximum Gasteiger partial charge on any atom is 0.219 e.